The van der Waals surface area contributed by atoms with Crippen LogP contribution in [0, 0.1) is 0 Å². The van der Waals surface area contributed by atoms with E-state index >= 15 is 0 Å². The van der Waals surface area contributed by atoms with Crippen LogP contribution in [0.5, 0.6) is 5.75 Å². The number of para-hydroxylation sites is 1. The van der Waals surface area contributed by atoms with E-state index in [-0.39, 0.29) is 5.97 Å². The van der Waals surface area contributed by atoms with E-state index in [0.717, 1.165) is 16.7 Å². The molecule has 0 saturated heterocycles. The van der Waals surface area contributed by atoms with E-state index in [1.807, 2.05) is 109 Å². The Bertz CT molecular complexity index is 1120. The third-order valence-electron chi connectivity index (χ3n) is 5.57. The summed E-state index contributed by atoms with van der Waals surface area (Å²) in [5, 5.41) is 9.54. The molecule has 4 rings (SSSR count). The van der Waals surface area contributed by atoms with Crippen molar-refractivity contribution in [2.75, 3.05) is 0 Å². The van der Waals surface area contributed by atoms with Crippen molar-refractivity contribution < 1.29 is 19.4 Å². The maximum absolute atomic E-state index is 11.6. The average Bonchev–Trinajstić information content (AvgIpc) is 2.89. The summed E-state index contributed by atoms with van der Waals surface area (Å²) in [7, 11) is 0. The monoisotopic (exact) mass is 452 g/mol. The Kier molecular flexibility index (Phi) is 8.75. The zero-order valence-corrected chi connectivity index (χ0v) is 19.1. The number of carboxylic acids is 1. The summed E-state index contributed by atoms with van der Waals surface area (Å²) in [5.41, 5.74) is 1.73. The van der Waals surface area contributed by atoms with Gasteiger partial charge in [0.15, 0.2) is 0 Å². The van der Waals surface area contributed by atoms with Gasteiger partial charge < -0.3 is 9.84 Å². The fourth-order valence-corrected chi connectivity index (χ4v) is 3.52. The van der Waals surface area contributed by atoms with Crippen molar-refractivity contribution >= 4 is 11.9 Å². The number of carboxylic acid groups (broad SMARTS) is 1. The molecule has 0 saturated carbocycles. The van der Waals surface area contributed by atoms with Crippen molar-refractivity contribution in [1.82, 2.24) is 0 Å². The third-order valence-corrected chi connectivity index (χ3v) is 5.57. The number of hydrogen-bond acceptors (Lipinski definition) is 3. The summed E-state index contributed by atoms with van der Waals surface area (Å²) in [5.74, 6) is -0.430. The number of aryl methyl sites for hydroxylation is 1. The number of esters is 1. The minimum absolute atomic E-state index is 0.194. The highest BCUT2D eigenvalue weighted by Gasteiger charge is 2.36. The number of hydrogen-bond donors (Lipinski definition) is 1. The summed E-state index contributed by atoms with van der Waals surface area (Å²) < 4.78 is 5.20. The zero-order chi connectivity index (χ0) is 24.2. The van der Waals surface area contributed by atoms with Crippen LogP contribution in [-0.2, 0) is 21.4 Å². The van der Waals surface area contributed by atoms with E-state index in [0.29, 0.717) is 18.6 Å². The first-order valence-electron chi connectivity index (χ1n) is 11.1. The second kappa shape index (κ2) is 12.2. The fraction of sp³-hybridized carbons (Fsp3) is 0.133. The van der Waals surface area contributed by atoms with Crippen LogP contribution in [0.1, 0.15) is 30.0 Å². The summed E-state index contributed by atoms with van der Waals surface area (Å²) in [4.78, 5) is 23.2. The van der Waals surface area contributed by atoms with Crippen LogP contribution in [0.4, 0.5) is 0 Å². The Balaban J connectivity index is 0.000000191. The molecule has 172 valence electrons. The topological polar surface area (TPSA) is 63.6 Å². The van der Waals surface area contributed by atoms with Gasteiger partial charge in [-0.15, -0.1) is 0 Å². The number of ether oxygens (including phenoxy) is 1. The van der Waals surface area contributed by atoms with Gasteiger partial charge in [0.05, 0.1) is 0 Å². The van der Waals surface area contributed by atoms with Crippen LogP contribution in [0.25, 0.3) is 0 Å². The number of benzene rings is 4. The molecule has 0 amide bonds. The molecule has 0 unspecified atom stereocenters. The smallest absolute Gasteiger partial charge is 0.318 e. The van der Waals surface area contributed by atoms with Gasteiger partial charge >= 0.3 is 11.9 Å². The fourth-order valence-electron chi connectivity index (χ4n) is 3.52. The molecule has 0 aliphatic carbocycles. The minimum Gasteiger partial charge on any atom is -0.480 e. The molecule has 0 atom stereocenters. The van der Waals surface area contributed by atoms with Gasteiger partial charge in [0, 0.05) is 6.42 Å². The Morgan fingerprint density at radius 3 is 1.53 bits per heavy atom. The lowest BCUT2D eigenvalue weighted by Crippen LogP contribution is -2.33. The van der Waals surface area contributed by atoms with E-state index in [9.17, 15) is 14.7 Å². The summed E-state index contributed by atoms with van der Waals surface area (Å²) in [6.45, 7) is 1.74. The van der Waals surface area contributed by atoms with Crippen LogP contribution >= 0.6 is 0 Å². The second-order valence-electron chi connectivity index (χ2n) is 7.93. The van der Waals surface area contributed by atoms with Crippen molar-refractivity contribution in [1.29, 1.82) is 0 Å². The number of aliphatic carboxylic acids is 1. The molecule has 4 nitrogen and oxygen atoms in total. The molecular weight excluding hydrogens is 424 g/mol. The number of carbonyl (C=O) groups excluding carboxylic acids is 1. The van der Waals surface area contributed by atoms with Crippen LogP contribution in [0.3, 0.4) is 0 Å². The van der Waals surface area contributed by atoms with Crippen molar-refractivity contribution in [3.05, 3.63) is 138 Å². The molecule has 0 aliphatic rings. The van der Waals surface area contributed by atoms with Gasteiger partial charge in [-0.1, -0.05) is 109 Å². The first kappa shape index (κ1) is 24.5. The summed E-state index contributed by atoms with van der Waals surface area (Å²) in [6.07, 6.45) is 1.12. The lowest BCUT2D eigenvalue weighted by atomic mass is 9.76. The van der Waals surface area contributed by atoms with E-state index in [1.54, 1.807) is 19.1 Å². The lowest BCUT2D eigenvalue weighted by Gasteiger charge is -2.25. The van der Waals surface area contributed by atoms with Crippen LogP contribution < -0.4 is 4.74 Å². The van der Waals surface area contributed by atoms with Crippen molar-refractivity contribution in [2.24, 2.45) is 0 Å². The third kappa shape index (κ3) is 6.66. The maximum Gasteiger partial charge on any atom is 0.318 e. The van der Waals surface area contributed by atoms with Gasteiger partial charge in [-0.25, -0.2) is 0 Å². The first-order chi connectivity index (χ1) is 16.5. The molecule has 4 aromatic carbocycles. The Morgan fingerprint density at radius 2 is 1.09 bits per heavy atom. The molecule has 1 N–H and O–H groups in total. The highest BCUT2D eigenvalue weighted by molar-refractivity contribution is 5.85. The normalized spacial score (nSPS) is 10.5. The molecule has 0 heterocycles. The lowest BCUT2D eigenvalue weighted by molar-refractivity contribution is -0.141. The van der Waals surface area contributed by atoms with Gasteiger partial charge in [-0.05, 0) is 42.2 Å². The molecule has 0 fully saturated rings. The van der Waals surface area contributed by atoms with E-state index < -0.39 is 11.4 Å². The quantitative estimate of drug-likeness (QED) is 0.264. The predicted molar refractivity (Wildman–Crippen MR) is 134 cm³/mol. The van der Waals surface area contributed by atoms with Crippen molar-refractivity contribution in [2.45, 2.75) is 25.2 Å². The number of carbonyl (C=O) groups is 2. The molecule has 0 spiro atoms. The highest BCUT2D eigenvalue weighted by Crippen LogP contribution is 2.31. The molecule has 0 aromatic heterocycles. The zero-order valence-electron chi connectivity index (χ0n) is 19.1. The molecule has 0 bridgehead atoms. The van der Waals surface area contributed by atoms with Crippen LogP contribution in [0.2, 0.25) is 0 Å². The van der Waals surface area contributed by atoms with Crippen LogP contribution in [0.15, 0.2) is 121 Å². The predicted octanol–water partition coefficient (Wildman–Crippen LogP) is 6.30. The standard InChI is InChI=1S/2C15H14O2/c1-15(14(16)17,12-8-4-2-5-9-12)13-10-6-3-7-11-13;16-15(17-14-9-5-2-6-10-14)12-11-13-7-3-1-4-8-13/h2-11H,1H3,(H,16,17);1-10H,11-12H2. The Labute approximate surface area is 200 Å². The van der Waals surface area contributed by atoms with Gasteiger partial charge in [-0.2, -0.15) is 0 Å². The van der Waals surface area contributed by atoms with Crippen molar-refractivity contribution in [3.8, 4) is 5.75 Å². The molecule has 0 radical (unpaired) electrons. The summed E-state index contributed by atoms with van der Waals surface area (Å²) in [6, 6.07) is 37.7. The first-order valence-corrected chi connectivity index (χ1v) is 11.1. The average molecular weight is 453 g/mol. The van der Waals surface area contributed by atoms with E-state index in [2.05, 4.69) is 0 Å². The molecule has 34 heavy (non-hydrogen) atoms. The second-order valence-corrected chi connectivity index (χ2v) is 7.93. The number of rotatable bonds is 7. The largest absolute Gasteiger partial charge is 0.480 e. The molecule has 4 heteroatoms. The molecule has 4 aromatic rings. The van der Waals surface area contributed by atoms with Gasteiger partial charge in [0.1, 0.15) is 11.2 Å². The Morgan fingerprint density at radius 1 is 0.676 bits per heavy atom. The SMILES string of the molecule is CC(C(=O)O)(c1ccccc1)c1ccccc1.O=C(CCc1ccccc1)Oc1ccccc1. The maximum atomic E-state index is 11.6. The Hall–Kier alpha value is -4.18. The minimum atomic E-state index is -0.998. The van der Waals surface area contributed by atoms with E-state index in [4.69, 9.17) is 4.74 Å². The summed E-state index contributed by atoms with van der Waals surface area (Å²) >= 11 is 0. The van der Waals surface area contributed by atoms with Gasteiger partial charge in [0.2, 0.25) is 0 Å². The van der Waals surface area contributed by atoms with Gasteiger partial charge in [0.25, 0.3) is 0 Å². The van der Waals surface area contributed by atoms with Crippen molar-refractivity contribution in [3.63, 3.8) is 0 Å². The van der Waals surface area contributed by atoms with E-state index in [1.165, 1.54) is 0 Å². The van der Waals surface area contributed by atoms with Gasteiger partial charge in [-0.3, -0.25) is 9.59 Å². The van der Waals surface area contributed by atoms with Crippen LogP contribution in [-0.4, -0.2) is 17.0 Å². The molecule has 0 aliphatic heterocycles. The highest BCUT2D eigenvalue weighted by atomic mass is 16.5. The molecular formula is C30H28O4.